The maximum Gasteiger partial charge on any atom is 0.257 e. The minimum atomic E-state index is -0.191. The van der Waals surface area contributed by atoms with E-state index >= 15 is 0 Å². The molecule has 0 fully saturated rings. The van der Waals surface area contributed by atoms with Crippen LogP contribution in [0.3, 0.4) is 0 Å². The van der Waals surface area contributed by atoms with Crippen molar-refractivity contribution < 1.29 is 4.79 Å². The van der Waals surface area contributed by atoms with Gasteiger partial charge in [0.05, 0.1) is 0 Å². The largest absolute Gasteiger partial charge is 0.296 e. The van der Waals surface area contributed by atoms with E-state index in [2.05, 4.69) is 27.4 Å². The molecule has 0 aromatic carbocycles. The number of thioether (sulfide) groups is 1. The molecule has 0 aliphatic heterocycles. The van der Waals surface area contributed by atoms with Crippen LogP contribution in [0.25, 0.3) is 0 Å². The zero-order chi connectivity index (χ0) is 13.5. The van der Waals surface area contributed by atoms with Crippen LogP contribution in [0.1, 0.15) is 30.1 Å². The van der Waals surface area contributed by atoms with Gasteiger partial charge in [0.25, 0.3) is 5.91 Å². The van der Waals surface area contributed by atoms with E-state index in [1.165, 1.54) is 11.3 Å². The standard InChI is InChI=1S/C12H14N4OS2/c1-2-3-8-18-12-16-15-11(19-12)14-10(17)9-4-6-13-7-5-9/h4-7H,2-3,8H2,1H3,(H,14,15,17). The van der Waals surface area contributed by atoms with Crippen LogP contribution in [0.4, 0.5) is 5.13 Å². The fourth-order valence-corrected chi connectivity index (χ4v) is 3.20. The van der Waals surface area contributed by atoms with E-state index in [1.807, 2.05) is 0 Å². The Labute approximate surface area is 119 Å². The molecule has 2 aromatic heterocycles. The molecule has 2 aromatic rings. The molecule has 0 saturated carbocycles. The number of hydrogen-bond donors (Lipinski definition) is 1. The van der Waals surface area contributed by atoms with Crippen LogP contribution in [0.15, 0.2) is 28.9 Å². The number of rotatable bonds is 6. The van der Waals surface area contributed by atoms with Crippen molar-refractivity contribution in [3.05, 3.63) is 30.1 Å². The van der Waals surface area contributed by atoms with Crippen molar-refractivity contribution >= 4 is 34.1 Å². The van der Waals surface area contributed by atoms with Gasteiger partial charge in [0.15, 0.2) is 4.34 Å². The zero-order valence-electron chi connectivity index (χ0n) is 10.5. The van der Waals surface area contributed by atoms with Crippen molar-refractivity contribution in [2.45, 2.75) is 24.1 Å². The van der Waals surface area contributed by atoms with E-state index < -0.39 is 0 Å². The van der Waals surface area contributed by atoms with E-state index in [0.29, 0.717) is 10.7 Å². The van der Waals surface area contributed by atoms with Gasteiger partial charge in [-0.2, -0.15) is 0 Å². The van der Waals surface area contributed by atoms with Crippen LogP contribution in [-0.4, -0.2) is 26.8 Å². The van der Waals surface area contributed by atoms with Crippen LogP contribution in [-0.2, 0) is 0 Å². The maximum absolute atomic E-state index is 11.9. The van der Waals surface area contributed by atoms with Gasteiger partial charge in [0.1, 0.15) is 0 Å². The SMILES string of the molecule is CCCCSc1nnc(NC(=O)c2ccncc2)s1. The van der Waals surface area contributed by atoms with Crippen molar-refractivity contribution in [1.29, 1.82) is 0 Å². The molecule has 0 aliphatic rings. The summed E-state index contributed by atoms with van der Waals surface area (Å²) in [6.45, 7) is 2.15. The fraction of sp³-hybridized carbons (Fsp3) is 0.333. The normalized spacial score (nSPS) is 10.4. The first-order valence-electron chi connectivity index (χ1n) is 5.97. The lowest BCUT2D eigenvalue weighted by Gasteiger charge is -1.99. The van der Waals surface area contributed by atoms with E-state index in [1.54, 1.807) is 36.3 Å². The van der Waals surface area contributed by atoms with E-state index in [9.17, 15) is 4.79 Å². The van der Waals surface area contributed by atoms with Crippen LogP contribution in [0.2, 0.25) is 0 Å². The summed E-state index contributed by atoms with van der Waals surface area (Å²) in [5, 5.41) is 11.3. The number of hydrogen-bond acceptors (Lipinski definition) is 6. The number of pyridine rings is 1. The Hall–Kier alpha value is -1.47. The second-order valence-corrected chi connectivity index (χ2v) is 6.08. The van der Waals surface area contributed by atoms with Crippen molar-refractivity contribution in [1.82, 2.24) is 15.2 Å². The minimum absolute atomic E-state index is 0.191. The molecule has 0 spiro atoms. The second-order valence-electron chi connectivity index (χ2n) is 3.77. The van der Waals surface area contributed by atoms with Crippen LogP contribution in [0.5, 0.6) is 0 Å². The molecule has 19 heavy (non-hydrogen) atoms. The number of carbonyl (C=O) groups is 1. The Morgan fingerprint density at radius 3 is 2.89 bits per heavy atom. The third kappa shape index (κ3) is 4.29. The molecule has 2 rings (SSSR count). The Bertz CT molecular complexity index is 530. The predicted octanol–water partition coefficient (Wildman–Crippen LogP) is 3.08. The van der Waals surface area contributed by atoms with Gasteiger partial charge in [-0.1, -0.05) is 36.4 Å². The summed E-state index contributed by atoms with van der Waals surface area (Å²) in [6.07, 6.45) is 5.49. The highest BCUT2D eigenvalue weighted by Gasteiger charge is 2.09. The molecular formula is C12H14N4OS2. The summed E-state index contributed by atoms with van der Waals surface area (Å²) >= 11 is 3.07. The molecule has 0 atom stereocenters. The van der Waals surface area contributed by atoms with Crippen molar-refractivity contribution in [3.8, 4) is 0 Å². The molecule has 1 N–H and O–H groups in total. The molecule has 0 radical (unpaired) electrons. The third-order valence-corrected chi connectivity index (χ3v) is 4.35. The second kappa shape index (κ2) is 7.20. The van der Waals surface area contributed by atoms with Gasteiger partial charge in [0, 0.05) is 23.7 Å². The predicted molar refractivity (Wildman–Crippen MR) is 77.7 cm³/mol. The summed E-state index contributed by atoms with van der Waals surface area (Å²) in [4.78, 5) is 15.7. The van der Waals surface area contributed by atoms with Gasteiger partial charge in [0.2, 0.25) is 5.13 Å². The minimum Gasteiger partial charge on any atom is -0.296 e. The van der Waals surface area contributed by atoms with Crippen molar-refractivity contribution in [2.75, 3.05) is 11.1 Å². The Morgan fingerprint density at radius 1 is 1.37 bits per heavy atom. The lowest BCUT2D eigenvalue weighted by molar-refractivity contribution is 0.102. The highest BCUT2D eigenvalue weighted by molar-refractivity contribution is 8.01. The molecular weight excluding hydrogens is 280 g/mol. The molecule has 0 bridgehead atoms. The quantitative estimate of drug-likeness (QED) is 0.504. The number of anilines is 1. The van der Waals surface area contributed by atoms with Crippen LogP contribution >= 0.6 is 23.1 Å². The molecule has 0 saturated heterocycles. The van der Waals surface area contributed by atoms with Gasteiger partial charge in [-0.15, -0.1) is 10.2 Å². The molecule has 5 nitrogen and oxygen atoms in total. The molecule has 2 heterocycles. The number of carbonyl (C=O) groups excluding carboxylic acids is 1. The van der Waals surface area contributed by atoms with Gasteiger partial charge in [-0.05, 0) is 18.6 Å². The highest BCUT2D eigenvalue weighted by atomic mass is 32.2. The van der Waals surface area contributed by atoms with E-state index in [4.69, 9.17) is 0 Å². The molecule has 1 amide bonds. The fourth-order valence-electron chi connectivity index (χ4n) is 1.30. The lowest BCUT2D eigenvalue weighted by Crippen LogP contribution is -2.11. The number of aromatic nitrogens is 3. The summed E-state index contributed by atoms with van der Waals surface area (Å²) in [5.74, 6) is 0.840. The maximum atomic E-state index is 11.9. The summed E-state index contributed by atoms with van der Waals surface area (Å²) in [5.41, 5.74) is 0.561. The van der Waals surface area contributed by atoms with Gasteiger partial charge < -0.3 is 0 Å². The lowest BCUT2D eigenvalue weighted by atomic mass is 10.2. The monoisotopic (exact) mass is 294 g/mol. The number of unbranched alkanes of at least 4 members (excludes halogenated alkanes) is 1. The first-order chi connectivity index (χ1) is 9.29. The van der Waals surface area contributed by atoms with Crippen molar-refractivity contribution in [3.63, 3.8) is 0 Å². The average molecular weight is 294 g/mol. The van der Waals surface area contributed by atoms with E-state index in [0.717, 1.165) is 22.9 Å². The number of nitrogens with zero attached hydrogens (tertiary/aromatic N) is 3. The summed E-state index contributed by atoms with van der Waals surface area (Å²) < 4.78 is 0.887. The number of amides is 1. The van der Waals surface area contributed by atoms with Gasteiger partial charge >= 0.3 is 0 Å². The Balaban J connectivity index is 1.91. The highest BCUT2D eigenvalue weighted by Crippen LogP contribution is 2.26. The first-order valence-corrected chi connectivity index (χ1v) is 7.77. The van der Waals surface area contributed by atoms with Gasteiger partial charge in [-0.3, -0.25) is 15.1 Å². The smallest absolute Gasteiger partial charge is 0.257 e. The molecule has 7 heteroatoms. The molecule has 0 unspecified atom stereocenters. The number of nitrogens with one attached hydrogen (secondary N) is 1. The molecule has 100 valence electrons. The topological polar surface area (TPSA) is 67.8 Å². The first kappa shape index (κ1) is 14.0. The third-order valence-electron chi connectivity index (χ3n) is 2.29. The van der Waals surface area contributed by atoms with E-state index in [-0.39, 0.29) is 5.91 Å². The Morgan fingerprint density at radius 2 is 2.16 bits per heavy atom. The van der Waals surface area contributed by atoms with Crippen LogP contribution in [0, 0.1) is 0 Å². The average Bonchev–Trinajstić information content (AvgIpc) is 2.88. The van der Waals surface area contributed by atoms with Crippen molar-refractivity contribution in [2.24, 2.45) is 0 Å². The van der Waals surface area contributed by atoms with Gasteiger partial charge in [-0.25, -0.2) is 0 Å². The van der Waals surface area contributed by atoms with Crippen LogP contribution < -0.4 is 5.32 Å². The summed E-state index contributed by atoms with van der Waals surface area (Å²) in [7, 11) is 0. The zero-order valence-corrected chi connectivity index (χ0v) is 12.1. The Kier molecular flexibility index (Phi) is 5.29. The molecule has 0 aliphatic carbocycles. The summed E-state index contributed by atoms with van der Waals surface area (Å²) in [6, 6.07) is 3.32.